The molecule has 0 aliphatic carbocycles. The van der Waals surface area contributed by atoms with Crippen LogP contribution in [0.4, 0.5) is 5.69 Å². The second-order valence-electron chi connectivity index (χ2n) is 2.37. The molecule has 0 aromatic heterocycles. The largest absolute Gasteiger partial charge is 0.331 e. The van der Waals surface area contributed by atoms with Gasteiger partial charge in [-0.15, -0.1) is 0 Å². The summed E-state index contributed by atoms with van der Waals surface area (Å²) in [6.45, 7) is 1.88. The molecule has 0 atom stereocenters. The Labute approximate surface area is 81.7 Å². The molecule has 0 unspecified atom stereocenters. The van der Waals surface area contributed by atoms with Gasteiger partial charge in [-0.3, -0.25) is 5.73 Å². The van der Waals surface area contributed by atoms with E-state index in [1.807, 2.05) is 19.1 Å². The maximum atomic E-state index is 7.06. The Kier molecular flexibility index (Phi) is 2.89. The van der Waals surface area contributed by atoms with Gasteiger partial charge in [0.2, 0.25) is 0 Å². The lowest BCUT2D eigenvalue weighted by molar-refractivity contribution is 1.44. The van der Waals surface area contributed by atoms with Crippen molar-refractivity contribution in [1.82, 2.24) is 5.73 Å². The number of hydrogen-bond donors (Lipinski definition) is 1. The minimum atomic E-state index is 0.000340. The van der Waals surface area contributed by atoms with Crippen LogP contribution >= 0.6 is 23.8 Å². The van der Waals surface area contributed by atoms with Crippen LogP contribution in [0.15, 0.2) is 18.2 Å². The van der Waals surface area contributed by atoms with Crippen molar-refractivity contribution in [3.63, 3.8) is 0 Å². The number of anilines is 1. The summed E-state index contributed by atoms with van der Waals surface area (Å²) in [5, 5.41) is 3.40. The van der Waals surface area contributed by atoms with Crippen molar-refractivity contribution < 1.29 is 0 Å². The highest BCUT2D eigenvalue weighted by molar-refractivity contribution is 7.80. The lowest BCUT2D eigenvalue weighted by Crippen LogP contribution is -2.09. The van der Waals surface area contributed by atoms with Crippen LogP contribution in [0.25, 0.3) is 0 Å². The molecule has 0 amide bonds. The minimum Gasteiger partial charge on any atom is -0.331 e. The Bertz CT molecular complexity index is 312. The van der Waals surface area contributed by atoms with Crippen molar-refractivity contribution in [2.45, 2.75) is 6.92 Å². The number of halogens is 1. The van der Waals surface area contributed by atoms with Gasteiger partial charge in [-0.05, 0) is 36.8 Å². The van der Waals surface area contributed by atoms with E-state index >= 15 is 0 Å². The van der Waals surface area contributed by atoms with Crippen molar-refractivity contribution in [3.8, 4) is 0 Å². The van der Waals surface area contributed by atoms with E-state index in [-0.39, 0.29) is 5.11 Å². The van der Waals surface area contributed by atoms with Gasteiger partial charge in [0.25, 0.3) is 0 Å². The smallest absolute Gasteiger partial charge is 0.189 e. The maximum absolute atomic E-state index is 7.06. The summed E-state index contributed by atoms with van der Waals surface area (Å²) in [6.07, 6.45) is 0. The summed E-state index contributed by atoms with van der Waals surface area (Å²) < 4.78 is 0. The normalized spacial score (nSPS) is 9.50. The third-order valence-electron chi connectivity index (χ3n) is 1.52. The van der Waals surface area contributed by atoms with E-state index in [1.54, 1.807) is 6.07 Å². The van der Waals surface area contributed by atoms with Crippen LogP contribution in [0.1, 0.15) is 5.56 Å². The van der Waals surface area contributed by atoms with Gasteiger partial charge >= 0.3 is 0 Å². The molecule has 1 aromatic carbocycles. The zero-order chi connectivity index (χ0) is 9.14. The third-order valence-corrected chi connectivity index (χ3v) is 2.03. The Morgan fingerprint density at radius 3 is 2.83 bits per heavy atom. The van der Waals surface area contributed by atoms with E-state index in [0.29, 0.717) is 5.02 Å². The Balaban J connectivity index is 3.00. The highest BCUT2D eigenvalue weighted by atomic mass is 35.5. The summed E-state index contributed by atoms with van der Waals surface area (Å²) >= 11 is 10.4. The molecule has 0 saturated carbocycles. The predicted molar refractivity (Wildman–Crippen MR) is 55.5 cm³/mol. The lowest BCUT2D eigenvalue weighted by Gasteiger charge is -2.07. The number of hydrogen-bond acceptors (Lipinski definition) is 1. The summed E-state index contributed by atoms with van der Waals surface area (Å²) in [6, 6.07) is 5.45. The molecule has 0 spiro atoms. The molecular weight excluding hydrogens is 192 g/mol. The van der Waals surface area contributed by atoms with Crippen LogP contribution in [0.2, 0.25) is 5.02 Å². The van der Waals surface area contributed by atoms with Crippen LogP contribution < -0.4 is 11.1 Å². The van der Waals surface area contributed by atoms with E-state index in [2.05, 4.69) is 17.5 Å². The monoisotopic (exact) mass is 199 g/mol. The molecule has 0 bridgehead atoms. The second kappa shape index (κ2) is 3.74. The van der Waals surface area contributed by atoms with E-state index < -0.39 is 0 Å². The lowest BCUT2D eigenvalue weighted by atomic mass is 10.2. The first kappa shape index (κ1) is 9.29. The van der Waals surface area contributed by atoms with Crippen molar-refractivity contribution >= 4 is 34.6 Å². The molecule has 0 fully saturated rings. The highest BCUT2D eigenvalue weighted by Gasteiger charge is 2.01. The molecule has 4 heteroatoms. The van der Waals surface area contributed by atoms with Gasteiger partial charge in [0.1, 0.15) is 0 Å². The molecule has 12 heavy (non-hydrogen) atoms. The fraction of sp³-hybridized carbons (Fsp3) is 0.125. The van der Waals surface area contributed by atoms with Crippen LogP contribution in [-0.2, 0) is 0 Å². The number of benzene rings is 1. The molecule has 0 saturated heterocycles. The van der Waals surface area contributed by atoms with Crippen LogP contribution in [0.5, 0.6) is 0 Å². The van der Waals surface area contributed by atoms with Crippen LogP contribution in [0, 0.1) is 6.92 Å². The fourth-order valence-electron chi connectivity index (χ4n) is 0.865. The number of thiocarbonyl (C=S) groups is 1. The summed E-state index contributed by atoms with van der Waals surface area (Å²) in [5.74, 6) is 0. The van der Waals surface area contributed by atoms with Crippen LogP contribution in [-0.4, -0.2) is 5.11 Å². The van der Waals surface area contributed by atoms with Crippen molar-refractivity contribution in [2.24, 2.45) is 0 Å². The van der Waals surface area contributed by atoms with Gasteiger partial charge in [0.15, 0.2) is 5.11 Å². The van der Waals surface area contributed by atoms with E-state index in [1.165, 1.54) is 0 Å². The Hall–Kier alpha value is -0.800. The second-order valence-corrected chi connectivity index (χ2v) is 3.18. The van der Waals surface area contributed by atoms with Crippen molar-refractivity contribution in [3.05, 3.63) is 28.8 Å². The first-order valence-corrected chi connectivity index (χ1v) is 4.17. The first-order valence-electron chi connectivity index (χ1n) is 3.39. The predicted octanol–water partition coefficient (Wildman–Crippen LogP) is 2.63. The van der Waals surface area contributed by atoms with Gasteiger partial charge < -0.3 is 5.32 Å². The Morgan fingerprint density at radius 2 is 2.25 bits per heavy atom. The zero-order valence-corrected chi connectivity index (χ0v) is 8.09. The van der Waals surface area contributed by atoms with Crippen molar-refractivity contribution in [2.75, 3.05) is 5.32 Å². The molecule has 1 radical (unpaired) electrons. The minimum absolute atomic E-state index is 0.000340. The molecule has 0 aliphatic rings. The van der Waals surface area contributed by atoms with Gasteiger partial charge in [0.05, 0.1) is 0 Å². The third kappa shape index (κ3) is 2.09. The summed E-state index contributed by atoms with van der Waals surface area (Å²) in [4.78, 5) is 0. The highest BCUT2D eigenvalue weighted by Crippen LogP contribution is 2.22. The quantitative estimate of drug-likeness (QED) is 0.706. The maximum Gasteiger partial charge on any atom is 0.189 e. The molecular formula is C8H8ClN2S. The van der Waals surface area contributed by atoms with Crippen molar-refractivity contribution in [1.29, 1.82) is 0 Å². The fourth-order valence-corrected chi connectivity index (χ4v) is 1.15. The average molecular weight is 200 g/mol. The molecule has 63 valence electrons. The zero-order valence-electron chi connectivity index (χ0n) is 6.52. The molecule has 1 rings (SSSR count). The summed E-state index contributed by atoms with van der Waals surface area (Å²) in [5.41, 5.74) is 8.76. The SMILES string of the molecule is Cc1c(Cl)cccc1NC([NH])=S. The molecule has 0 heterocycles. The molecule has 2 nitrogen and oxygen atoms in total. The van der Waals surface area contributed by atoms with Gasteiger partial charge in [0, 0.05) is 10.7 Å². The summed E-state index contributed by atoms with van der Waals surface area (Å²) in [7, 11) is 0. The first-order chi connectivity index (χ1) is 5.61. The average Bonchev–Trinajstić information content (AvgIpc) is 1.98. The molecule has 1 aromatic rings. The standard InChI is InChI=1S/C8H8ClN2S/c1-5-6(9)3-2-4-7(5)11-8(10)12/h2-4,10H,1H3,(H,11,12). The van der Waals surface area contributed by atoms with Gasteiger partial charge in [-0.2, -0.15) is 0 Å². The molecule has 0 aliphatic heterocycles. The topological polar surface area (TPSA) is 35.8 Å². The number of nitrogens with one attached hydrogen (secondary N) is 2. The van der Waals surface area contributed by atoms with Crippen LogP contribution in [0.3, 0.4) is 0 Å². The van der Waals surface area contributed by atoms with E-state index in [4.69, 9.17) is 17.3 Å². The van der Waals surface area contributed by atoms with Gasteiger partial charge in [-0.25, -0.2) is 0 Å². The number of rotatable bonds is 1. The van der Waals surface area contributed by atoms with E-state index in [9.17, 15) is 0 Å². The van der Waals surface area contributed by atoms with Gasteiger partial charge in [-0.1, -0.05) is 17.7 Å². The Morgan fingerprint density at radius 1 is 1.58 bits per heavy atom. The molecule has 2 N–H and O–H groups in total. The van der Waals surface area contributed by atoms with E-state index in [0.717, 1.165) is 11.3 Å².